The van der Waals surface area contributed by atoms with E-state index in [1.807, 2.05) is 0 Å². The topological polar surface area (TPSA) is 17.8 Å². The Morgan fingerprint density at radius 3 is 1.88 bits per heavy atom. The van der Waals surface area contributed by atoms with E-state index in [1.165, 1.54) is 43.4 Å². The van der Waals surface area contributed by atoms with Crippen LogP contribution in [0.3, 0.4) is 0 Å². The molecule has 0 radical (unpaired) electrons. The second kappa shape index (κ2) is 4.36. The smallest absolute Gasteiger partial charge is 0.257 e. The van der Waals surface area contributed by atoms with Crippen LogP contribution in [0.25, 0.3) is 0 Å². The average molecular weight is 368 g/mol. The van der Waals surface area contributed by atoms with Gasteiger partial charge in [0.05, 0.1) is 9.11 Å². The van der Waals surface area contributed by atoms with Crippen LogP contribution >= 0.6 is 22.6 Å². The molecule has 0 saturated carbocycles. The number of nitrogens with zero attached hydrogens (tertiary/aromatic N) is 2. The number of aromatic nitrogens is 2. The Balaban J connectivity index is 3.52. The molecule has 8 heteroatoms. The van der Waals surface area contributed by atoms with E-state index in [4.69, 9.17) is 0 Å². The van der Waals surface area contributed by atoms with Gasteiger partial charge in [0.2, 0.25) is 0 Å². The quantitative estimate of drug-likeness (QED) is 0.537. The van der Waals surface area contributed by atoms with E-state index >= 15 is 0 Å². The van der Waals surface area contributed by atoms with Crippen LogP contribution < -0.4 is 0 Å². The summed E-state index contributed by atoms with van der Waals surface area (Å²) in [5.74, 6) is 0. The summed E-state index contributed by atoms with van der Waals surface area (Å²) in [5.41, 5.74) is -2.89. The lowest BCUT2D eigenvalue weighted by Crippen LogP contribution is -2.26. The van der Waals surface area contributed by atoms with Gasteiger partial charge in [0, 0.05) is 0 Å². The fourth-order valence-electron chi connectivity index (χ4n) is 1.29. The van der Waals surface area contributed by atoms with Crippen LogP contribution in [0.1, 0.15) is 38.6 Å². The van der Waals surface area contributed by atoms with E-state index < -0.39 is 33.1 Å². The molecular weight excluding hydrogens is 358 g/mol. The first-order chi connectivity index (χ1) is 7.46. The zero-order valence-corrected chi connectivity index (χ0v) is 11.4. The van der Waals surface area contributed by atoms with Crippen LogP contribution in [-0.2, 0) is 11.7 Å². The molecule has 0 aliphatic carbocycles. The van der Waals surface area contributed by atoms with Crippen molar-refractivity contribution < 1.29 is 22.0 Å². The minimum absolute atomic E-state index is 0.542. The predicted octanol–water partition coefficient (Wildman–Crippen LogP) is 4.20. The summed E-state index contributed by atoms with van der Waals surface area (Å²) in [5, 5.41) is 3.28. The van der Waals surface area contributed by atoms with Crippen molar-refractivity contribution in [3.05, 3.63) is 15.0 Å². The van der Waals surface area contributed by atoms with Crippen molar-refractivity contribution in [1.29, 1.82) is 0 Å². The number of hydrogen-bond donors (Lipinski definition) is 0. The predicted molar refractivity (Wildman–Crippen MR) is 59.9 cm³/mol. The summed E-state index contributed by atoms with van der Waals surface area (Å²) >= 11 is 1.26. The second-order valence-corrected chi connectivity index (χ2v) is 5.51. The standard InChI is InChI=1S/C9H10F5IN2/c1-8(2,3)17-5(7(10)11)4(15)6(16-17)9(12,13)14/h7H,1-3H3. The van der Waals surface area contributed by atoms with E-state index in [2.05, 4.69) is 5.10 Å². The first-order valence-electron chi connectivity index (χ1n) is 4.60. The van der Waals surface area contributed by atoms with Gasteiger partial charge >= 0.3 is 6.18 Å². The molecular formula is C9H10F5IN2. The van der Waals surface area contributed by atoms with Gasteiger partial charge in [-0.15, -0.1) is 0 Å². The summed E-state index contributed by atoms with van der Waals surface area (Å²) < 4.78 is 63.5. The van der Waals surface area contributed by atoms with E-state index in [9.17, 15) is 22.0 Å². The molecule has 2 nitrogen and oxygen atoms in total. The summed E-state index contributed by atoms with van der Waals surface area (Å²) in [6.07, 6.45) is -7.72. The minimum Gasteiger partial charge on any atom is -0.257 e. The summed E-state index contributed by atoms with van der Waals surface area (Å²) in [4.78, 5) is 0. The SMILES string of the molecule is CC(C)(C)n1nc(C(F)(F)F)c(I)c1C(F)F. The molecule has 0 aromatic carbocycles. The van der Waals surface area contributed by atoms with Crippen molar-refractivity contribution in [3.8, 4) is 0 Å². The zero-order chi connectivity index (χ0) is 13.6. The average Bonchev–Trinajstić information content (AvgIpc) is 2.40. The van der Waals surface area contributed by atoms with Crippen LogP contribution in [0.15, 0.2) is 0 Å². The molecule has 98 valence electrons. The highest BCUT2D eigenvalue weighted by Gasteiger charge is 2.41. The van der Waals surface area contributed by atoms with Crippen molar-refractivity contribution >= 4 is 22.6 Å². The zero-order valence-electron chi connectivity index (χ0n) is 9.24. The number of halogens is 6. The molecule has 0 N–H and O–H groups in total. The number of hydrogen-bond acceptors (Lipinski definition) is 1. The van der Waals surface area contributed by atoms with Crippen LogP contribution in [0.2, 0.25) is 0 Å². The molecule has 0 unspecified atom stereocenters. The highest BCUT2D eigenvalue weighted by molar-refractivity contribution is 14.1. The molecule has 0 fully saturated rings. The van der Waals surface area contributed by atoms with Gasteiger partial charge in [-0.1, -0.05) is 0 Å². The Hall–Kier alpha value is -0.410. The maximum atomic E-state index is 12.8. The Kier molecular flexibility index (Phi) is 3.76. The highest BCUT2D eigenvalue weighted by Crippen LogP contribution is 2.38. The molecule has 1 rings (SSSR count). The van der Waals surface area contributed by atoms with Crippen LogP contribution in [-0.4, -0.2) is 9.78 Å². The van der Waals surface area contributed by atoms with Gasteiger partial charge in [-0.3, -0.25) is 4.68 Å². The van der Waals surface area contributed by atoms with E-state index in [0.717, 1.165) is 4.68 Å². The third kappa shape index (κ3) is 2.89. The largest absolute Gasteiger partial charge is 0.436 e. The van der Waals surface area contributed by atoms with Gasteiger partial charge in [-0.05, 0) is 43.4 Å². The molecule has 0 saturated heterocycles. The first kappa shape index (κ1) is 14.7. The van der Waals surface area contributed by atoms with E-state index in [-0.39, 0.29) is 0 Å². The molecule has 0 spiro atoms. The van der Waals surface area contributed by atoms with Gasteiger partial charge < -0.3 is 0 Å². The van der Waals surface area contributed by atoms with Gasteiger partial charge in [0.25, 0.3) is 6.43 Å². The van der Waals surface area contributed by atoms with Crippen LogP contribution in [0.4, 0.5) is 22.0 Å². The molecule has 0 atom stereocenters. The number of alkyl halides is 5. The van der Waals surface area contributed by atoms with Crippen molar-refractivity contribution in [2.75, 3.05) is 0 Å². The van der Waals surface area contributed by atoms with E-state index in [1.54, 1.807) is 0 Å². The third-order valence-corrected chi connectivity index (χ3v) is 3.04. The van der Waals surface area contributed by atoms with Crippen molar-refractivity contribution in [2.45, 2.75) is 38.9 Å². The van der Waals surface area contributed by atoms with Gasteiger partial charge in [-0.25, -0.2) is 8.78 Å². The second-order valence-electron chi connectivity index (χ2n) is 4.43. The lowest BCUT2D eigenvalue weighted by molar-refractivity contribution is -0.142. The lowest BCUT2D eigenvalue weighted by atomic mass is 10.1. The molecule has 0 bridgehead atoms. The third-order valence-electron chi connectivity index (χ3n) is 1.97. The van der Waals surface area contributed by atoms with Gasteiger partial charge in [-0.2, -0.15) is 18.3 Å². The summed E-state index contributed by atoms with van der Waals surface area (Å²) in [6, 6.07) is 0. The van der Waals surface area contributed by atoms with Crippen LogP contribution in [0.5, 0.6) is 0 Å². The normalized spacial score (nSPS) is 13.5. The van der Waals surface area contributed by atoms with Crippen molar-refractivity contribution in [3.63, 3.8) is 0 Å². The molecule has 0 aliphatic rings. The van der Waals surface area contributed by atoms with Gasteiger partial charge in [0.1, 0.15) is 5.69 Å². The number of rotatable bonds is 1. The molecule has 0 aliphatic heterocycles. The van der Waals surface area contributed by atoms with Gasteiger partial charge in [0.15, 0.2) is 5.69 Å². The van der Waals surface area contributed by atoms with Crippen molar-refractivity contribution in [1.82, 2.24) is 9.78 Å². The highest BCUT2D eigenvalue weighted by atomic mass is 127. The Labute approximate surface area is 108 Å². The summed E-state index contributed by atoms with van der Waals surface area (Å²) in [6.45, 7) is 4.55. The lowest BCUT2D eigenvalue weighted by Gasteiger charge is -2.22. The van der Waals surface area contributed by atoms with Crippen molar-refractivity contribution in [2.24, 2.45) is 0 Å². The molecule has 1 heterocycles. The fraction of sp³-hybridized carbons (Fsp3) is 0.667. The maximum absolute atomic E-state index is 12.8. The Bertz CT molecular complexity index is 416. The molecule has 1 aromatic heterocycles. The van der Waals surface area contributed by atoms with E-state index in [0.29, 0.717) is 0 Å². The minimum atomic E-state index is -4.73. The molecule has 17 heavy (non-hydrogen) atoms. The van der Waals surface area contributed by atoms with Crippen LogP contribution in [0, 0.1) is 3.57 Å². The molecule has 0 amide bonds. The Morgan fingerprint density at radius 1 is 1.18 bits per heavy atom. The summed E-state index contributed by atoms with van der Waals surface area (Å²) in [7, 11) is 0. The maximum Gasteiger partial charge on any atom is 0.436 e. The monoisotopic (exact) mass is 368 g/mol. The molecule has 1 aromatic rings. The fourth-order valence-corrected chi connectivity index (χ4v) is 2.17. The first-order valence-corrected chi connectivity index (χ1v) is 5.68. The Morgan fingerprint density at radius 2 is 1.65 bits per heavy atom.